The van der Waals surface area contributed by atoms with E-state index < -0.39 is 6.10 Å². The summed E-state index contributed by atoms with van der Waals surface area (Å²) in [5.41, 5.74) is 1.61. The topological polar surface area (TPSA) is 49.3 Å². The van der Waals surface area contributed by atoms with Crippen molar-refractivity contribution in [3.63, 3.8) is 0 Å². The van der Waals surface area contributed by atoms with Crippen LogP contribution in [0.15, 0.2) is 66.7 Å². The summed E-state index contributed by atoms with van der Waals surface area (Å²) in [4.78, 5) is 13.8. The van der Waals surface area contributed by atoms with E-state index in [9.17, 15) is 14.3 Å². The molecular formula is C20H18FNO2S. The smallest absolute Gasteiger partial charge is 0.224 e. The quantitative estimate of drug-likeness (QED) is 0.706. The zero-order chi connectivity index (χ0) is 17.6. The molecule has 1 heterocycles. The van der Waals surface area contributed by atoms with Gasteiger partial charge in [0.15, 0.2) is 0 Å². The molecule has 0 bridgehead atoms. The van der Waals surface area contributed by atoms with Crippen LogP contribution in [0.4, 0.5) is 4.39 Å². The van der Waals surface area contributed by atoms with Crippen LogP contribution in [0.1, 0.15) is 27.0 Å². The molecule has 0 saturated heterocycles. The number of halogens is 1. The normalized spacial score (nSPS) is 11.9. The molecule has 25 heavy (non-hydrogen) atoms. The van der Waals surface area contributed by atoms with Crippen LogP contribution in [-0.4, -0.2) is 11.0 Å². The highest BCUT2D eigenvalue weighted by atomic mass is 32.1. The second-order valence-corrected chi connectivity index (χ2v) is 6.90. The van der Waals surface area contributed by atoms with E-state index in [1.807, 2.05) is 42.5 Å². The van der Waals surface area contributed by atoms with E-state index in [0.29, 0.717) is 6.54 Å². The Balaban J connectivity index is 1.54. The van der Waals surface area contributed by atoms with Gasteiger partial charge in [-0.2, -0.15) is 0 Å². The minimum atomic E-state index is -0.658. The van der Waals surface area contributed by atoms with Gasteiger partial charge in [0.1, 0.15) is 11.9 Å². The molecule has 2 aromatic carbocycles. The molecule has 3 rings (SSSR count). The van der Waals surface area contributed by atoms with Gasteiger partial charge in [-0.25, -0.2) is 4.39 Å². The monoisotopic (exact) mass is 355 g/mol. The van der Waals surface area contributed by atoms with Gasteiger partial charge >= 0.3 is 0 Å². The lowest BCUT2D eigenvalue weighted by molar-refractivity contribution is -0.120. The Kier molecular flexibility index (Phi) is 5.58. The summed E-state index contributed by atoms with van der Waals surface area (Å²) in [6.07, 6.45) is -0.444. The standard InChI is InChI=1S/C20H18FNO2S/c21-16-8-6-14(7-9-16)12-19(23)22-13-17-10-11-18(25-17)20(24)15-4-2-1-3-5-15/h1-11,20,24H,12-13H2,(H,22,23)/t20-/m1/s1. The van der Waals surface area contributed by atoms with Crippen molar-refractivity contribution in [3.05, 3.63) is 93.4 Å². The van der Waals surface area contributed by atoms with Crippen LogP contribution in [0, 0.1) is 5.82 Å². The summed E-state index contributed by atoms with van der Waals surface area (Å²) in [6, 6.07) is 19.1. The molecule has 128 valence electrons. The average Bonchev–Trinajstić information content (AvgIpc) is 3.11. The van der Waals surface area contributed by atoms with Gasteiger partial charge in [0.05, 0.1) is 13.0 Å². The summed E-state index contributed by atoms with van der Waals surface area (Å²) in [5, 5.41) is 13.2. The second kappa shape index (κ2) is 8.05. The number of rotatable bonds is 6. The van der Waals surface area contributed by atoms with Crippen molar-refractivity contribution in [2.45, 2.75) is 19.1 Å². The van der Waals surface area contributed by atoms with Gasteiger partial charge in [-0.3, -0.25) is 4.79 Å². The van der Waals surface area contributed by atoms with Gasteiger partial charge in [-0.05, 0) is 35.4 Å². The molecule has 0 aliphatic carbocycles. The minimum Gasteiger partial charge on any atom is -0.383 e. The van der Waals surface area contributed by atoms with Gasteiger partial charge in [0.25, 0.3) is 0 Å². The molecule has 0 saturated carbocycles. The van der Waals surface area contributed by atoms with Crippen molar-refractivity contribution in [1.29, 1.82) is 0 Å². The summed E-state index contributed by atoms with van der Waals surface area (Å²) < 4.78 is 12.9. The highest BCUT2D eigenvalue weighted by molar-refractivity contribution is 7.12. The number of thiophene rings is 1. The van der Waals surface area contributed by atoms with Crippen LogP contribution in [0.3, 0.4) is 0 Å². The maximum atomic E-state index is 12.9. The van der Waals surface area contributed by atoms with Crippen molar-refractivity contribution in [2.24, 2.45) is 0 Å². The van der Waals surface area contributed by atoms with Crippen molar-refractivity contribution < 1.29 is 14.3 Å². The Morgan fingerprint density at radius 1 is 1.04 bits per heavy atom. The number of aliphatic hydroxyl groups excluding tert-OH is 1. The number of hydrogen-bond donors (Lipinski definition) is 2. The Morgan fingerprint density at radius 2 is 1.76 bits per heavy atom. The summed E-state index contributed by atoms with van der Waals surface area (Å²) in [7, 11) is 0. The molecular weight excluding hydrogens is 337 g/mol. The van der Waals surface area contributed by atoms with Gasteiger partial charge < -0.3 is 10.4 Å². The fraction of sp³-hybridized carbons (Fsp3) is 0.150. The van der Waals surface area contributed by atoms with Crippen LogP contribution in [0.5, 0.6) is 0 Å². The number of aliphatic hydroxyl groups is 1. The predicted octanol–water partition coefficient (Wildman–Crippen LogP) is 3.83. The molecule has 0 aliphatic heterocycles. The maximum Gasteiger partial charge on any atom is 0.224 e. The van der Waals surface area contributed by atoms with Crippen LogP contribution in [0.25, 0.3) is 0 Å². The van der Waals surface area contributed by atoms with E-state index in [1.54, 1.807) is 12.1 Å². The van der Waals surface area contributed by atoms with Gasteiger partial charge in [0, 0.05) is 9.75 Å². The van der Waals surface area contributed by atoms with E-state index >= 15 is 0 Å². The van der Waals surface area contributed by atoms with Crippen molar-refractivity contribution >= 4 is 17.2 Å². The first kappa shape index (κ1) is 17.3. The van der Waals surface area contributed by atoms with Crippen molar-refractivity contribution in [3.8, 4) is 0 Å². The van der Waals surface area contributed by atoms with Crippen LogP contribution < -0.4 is 5.32 Å². The first-order valence-electron chi connectivity index (χ1n) is 7.94. The molecule has 2 N–H and O–H groups in total. The zero-order valence-electron chi connectivity index (χ0n) is 13.5. The number of benzene rings is 2. The Bertz CT molecular complexity index is 830. The molecule has 0 aliphatic rings. The van der Waals surface area contributed by atoms with E-state index in [0.717, 1.165) is 20.9 Å². The number of carbonyl (C=O) groups is 1. The first-order valence-corrected chi connectivity index (χ1v) is 8.76. The van der Waals surface area contributed by atoms with Gasteiger partial charge in [0.2, 0.25) is 5.91 Å². The number of hydrogen-bond acceptors (Lipinski definition) is 3. The average molecular weight is 355 g/mol. The summed E-state index contributed by atoms with van der Waals surface area (Å²) >= 11 is 1.47. The third-order valence-electron chi connectivity index (χ3n) is 3.80. The van der Waals surface area contributed by atoms with Crippen molar-refractivity contribution in [2.75, 3.05) is 0 Å². The Morgan fingerprint density at radius 3 is 2.48 bits per heavy atom. The molecule has 3 aromatic rings. The number of amides is 1. The first-order chi connectivity index (χ1) is 12.1. The number of carbonyl (C=O) groups excluding carboxylic acids is 1. The van der Waals surface area contributed by atoms with E-state index in [1.165, 1.54) is 23.5 Å². The molecule has 5 heteroatoms. The number of nitrogens with one attached hydrogen (secondary N) is 1. The molecule has 0 unspecified atom stereocenters. The van der Waals surface area contributed by atoms with Crippen LogP contribution in [-0.2, 0) is 17.8 Å². The third kappa shape index (κ3) is 4.75. The fourth-order valence-corrected chi connectivity index (χ4v) is 3.44. The Labute approximate surface area is 149 Å². The summed E-state index contributed by atoms with van der Waals surface area (Å²) in [6.45, 7) is 0.409. The molecule has 0 fully saturated rings. The molecule has 3 nitrogen and oxygen atoms in total. The zero-order valence-corrected chi connectivity index (χ0v) is 14.3. The highest BCUT2D eigenvalue weighted by Crippen LogP contribution is 2.28. The third-order valence-corrected chi connectivity index (χ3v) is 4.94. The van der Waals surface area contributed by atoms with Gasteiger partial charge in [-0.15, -0.1) is 11.3 Å². The van der Waals surface area contributed by atoms with Crippen LogP contribution >= 0.6 is 11.3 Å². The van der Waals surface area contributed by atoms with E-state index in [-0.39, 0.29) is 18.1 Å². The molecule has 1 atom stereocenters. The van der Waals surface area contributed by atoms with Crippen molar-refractivity contribution in [1.82, 2.24) is 5.32 Å². The predicted molar refractivity (Wildman–Crippen MR) is 96.8 cm³/mol. The van der Waals surface area contributed by atoms with E-state index in [4.69, 9.17) is 0 Å². The lowest BCUT2D eigenvalue weighted by Gasteiger charge is -2.08. The molecule has 0 spiro atoms. The molecule has 0 radical (unpaired) electrons. The fourth-order valence-electron chi connectivity index (χ4n) is 2.47. The Hall–Kier alpha value is -2.50. The van der Waals surface area contributed by atoms with Gasteiger partial charge in [-0.1, -0.05) is 42.5 Å². The highest BCUT2D eigenvalue weighted by Gasteiger charge is 2.13. The minimum absolute atomic E-state index is 0.120. The molecule has 1 amide bonds. The largest absolute Gasteiger partial charge is 0.383 e. The summed E-state index contributed by atoms with van der Waals surface area (Å²) in [5.74, 6) is -0.433. The lowest BCUT2D eigenvalue weighted by Crippen LogP contribution is -2.24. The SMILES string of the molecule is O=C(Cc1ccc(F)cc1)NCc1ccc([C@H](O)c2ccccc2)s1. The lowest BCUT2D eigenvalue weighted by atomic mass is 10.1. The van der Waals surface area contributed by atoms with E-state index in [2.05, 4.69) is 5.32 Å². The molecule has 1 aromatic heterocycles. The second-order valence-electron chi connectivity index (χ2n) is 5.70. The maximum absolute atomic E-state index is 12.9. The van der Waals surface area contributed by atoms with Crippen LogP contribution in [0.2, 0.25) is 0 Å².